The number of imidazole rings is 1. The molecule has 1 aromatic carbocycles. The molecule has 0 atom stereocenters. The molecule has 0 saturated carbocycles. The molecule has 0 saturated heterocycles. The zero-order valence-electron chi connectivity index (χ0n) is 16.5. The minimum atomic E-state index is 0.224. The fourth-order valence-corrected chi connectivity index (χ4v) is 3.21. The van der Waals surface area contributed by atoms with Crippen LogP contribution in [-0.2, 0) is 13.1 Å². The van der Waals surface area contributed by atoms with Gasteiger partial charge in [0.15, 0.2) is 12.1 Å². The summed E-state index contributed by atoms with van der Waals surface area (Å²) in [7, 11) is 1.66. The Hall–Kier alpha value is -2.89. The van der Waals surface area contributed by atoms with Crippen LogP contribution in [0.2, 0.25) is 0 Å². The molecular formula is C21H26N4O2. The summed E-state index contributed by atoms with van der Waals surface area (Å²) in [4.78, 5) is 20.1. The van der Waals surface area contributed by atoms with E-state index in [-0.39, 0.29) is 5.82 Å². The molecule has 0 fully saturated rings. The fraction of sp³-hybridized carbons (Fsp3) is 0.381. The van der Waals surface area contributed by atoms with Crippen LogP contribution in [0.3, 0.4) is 0 Å². The first-order valence-corrected chi connectivity index (χ1v) is 9.14. The smallest absolute Gasteiger partial charge is 0.194 e. The molecular weight excluding hydrogens is 340 g/mol. The molecule has 1 aromatic rings. The zero-order valence-corrected chi connectivity index (χ0v) is 16.5. The van der Waals surface area contributed by atoms with Gasteiger partial charge in [-0.15, -0.1) is 0 Å². The summed E-state index contributed by atoms with van der Waals surface area (Å²) < 4.78 is 7.47. The maximum Gasteiger partial charge on any atom is 0.194 e. The number of nitrogens with zero attached hydrogens (tertiary/aromatic N) is 3. The predicted molar refractivity (Wildman–Crippen MR) is 107 cm³/mol. The first-order valence-electron chi connectivity index (χ1n) is 9.14. The van der Waals surface area contributed by atoms with E-state index < -0.39 is 0 Å². The predicted octanol–water partition coefficient (Wildman–Crippen LogP) is 4.09. The van der Waals surface area contributed by atoms with Gasteiger partial charge >= 0.3 is 0 Å². The summed E-state index contributed by atoms with van der Waals surface area (Å²) in [6, 6.07) is 7.96. The van der Waals surface area contributed by atoms with Gasteiger partial charge in [-0.3, -0.25) is 4.79 Å². The van der Waals surface area contributed by atoms with Crippen molar-refractivity contribution in [2.45, 2.75) is 40.8 Å². The summed E-state index contributed by atoms with van der Waals surface area (Å²) >= 11 is 0. The van der Waals surface area contributed by atoms with E-state index in [4.69, 9.17) is 4.74 Å². The Morgan fingerprint density at radius 2 is 1.81 bits per heavy atom. The largest absolute Gasteiger partial charge is 0.497 e. The first kappa shape index (κ1) is 18.9. The number of aldehydes is 1. The number of carbonyl (C=O) groups excluding carboxylic acids is 1. The van der Waals surface area contributed by atoms with Gasteiger partial charge in [0.25, 0.3) is 0 Å². The van der Waals surface area contributed by atoms with Crippen molar-refractivity contribution in [1.82, 2.24) is 14.5 Å². The number of pyridine rings is 1. The van der Waals surface area contributed by atoms with Crippen molar-refractivity contribution in [3.05, 3.63) is 46.9 Å². The minimum Gasteiger partial charge on any atom is -0.497 e. The van der Waals surface area contributed by atoms with Crippen LogP contribution in [-0.4, -0.2) is 27.9 Å². The second-order valence-corrected chi connectivity index (χ2v) is 7.16. The van der Waals surface area contributed by atoms with E-state index in [2.05, 4.69) is 40.6 Å². The number of carbonyl (C=O) groups is 1. The molecule has 0 aliphatic carbocycles. The highest BCUT2D eigenvalue weighted by molar-refractivity contribution is 5.80. The SMILES string of the molecule is COc1ccc(CNc2c3nc(C=O)nc-3c(C)c(C)n2CC(C)C)cc1. The van der Waals surface area contributed by atoms with Crippen LogP contribution in [0.4, 0.5) is 5.82 Å². The summed E-state index contributed by atoms with van der Waals surface area (Å²) in [6.07, 6.45) is 0.703. The highest BCUT2D eigenvalue weighted by Gasteiger charge is 2.23. The molecule has 142 valence electrons. The molecule has 0 amide bonds. The molecule has 0 aromatic heterocycles. The molecule has 2 aliphatic rings. The summed E-state index contributed by atoms with van der Waals surface area (Å²) in [6.45, 7) is 10.00. The van der Waals surface area contributed by atoms with Crippen molar-refractivity contribution in [3.63, 3.8) is 0 Å². The van der Waals surface area contributed by atoms with Gasteiger partial charge in [0, 0.05) is 18.8 Å². The Labute approximate surface area is 159 Å². The number of rotatable bonds is 7. The number of aromatic nitrogens is 3. The molecule has 6 heteroatoms. The Morgan fingerprint density at radius 3 is 2.41 bits per heavy atom. The molecule has 2 heterocycles. The monoisotopic (exact) mass is 366 g/mol. The van der Waals surface area contributed by atoms with Crippen LogP contribution in [0.15, 0.2) is 24.3 Å². The lowest BCUT2D eigenvalue weighted by atomic mass is 10.1. The minimum absolute atomic E-state index is 0.224. The van der Waals surface area contributed by atoms with Crippen molar-refractivity contribution in [2.24, 2.45) is 5.92 Å². The van der Waals surface area contributed by atoms with E-state index >= 15 is 0 Å². The van der Waals surface area contributed by atoms with Gasteiger partial charge in [-0.1, -0.05) is 26.0 Å². The Morgan fingerprint density at radius 1 is 1.15 bits per heavy atom. The van der Waals surface area contributed by atoms with Crippen molar-refractivity contribution < 1.29 is 9.53 Å². The molecule has 2 aliphatic heterocycles. The average molecular weight is 366 g/mol. The van der Waals surface area contributed by atoms with Gasteiger partial charge in [-0.25, -0.2) is 9.97 Å². The first-order chi connectivity index (χ1) is 12.9. The third kappa shape index (κ3) is 3.79. The fourth-order valence-electron chi connectivity index (χ4n) is 3.21. The molecule has 0 spiro atoms. The van der Waals surface area contributed by atoms with Crippen LogP contribution in [0, 0.1) is 19.8 Å². The molecule has 6 nitrogen and oxygen atoms in total. The Balaban J connectivity index is 2.03. The van der Waals surface area contributed by atoms with Gasteiger partial charge in [0.05, 0.1) is 12.8 Å². The van der Waals surface area contributed by atoms with Crippen LogP contribution in [0.5, 0.6) is 5.75 Å². The van der Waals surface area contributed by atoms with E-state index in [1.54, 1.807) is 7.11 Å². The highest BCUT2D eigenvalue weighted by Crippen LogP contribution is 2.34. The van der Waals surface area contributed by atoms with Crippen molar-refractivity contribution in [2.75, 3.05) is 12.4 Å². The van der Waals surface area contributed by atoms with Gasteiger partial charge in [0.2, 0.25) is 0 Å². The summed E-state index contributed by atoms with van der Waals surface area (Å²) in [5, 5.41) is 3.52. The van der Waals surface area contributed by atoms with Crippen LogP contribution in [0.25, 0.3) is 11.4 Å². The van der Waals surface area contributed by atoms with Gasteiger partial charge in [-0.05, 0) is 43.0 Å². The van der Waals surface area contributed by atoms with E-state index in [0.29, 0.717) is 18.7 Å². The average Bonchev–Trinajstić information content (AvgIpc) is 3.10. The molecule has 3 rings (SSSR count). The quantitative estimate of drug-likeness (QED) is 0.638. The Bertz CT molecular complexity index is 913. The third-order valence-corrected chi connectivity index (χ3v) is 4.75. The van der Waals surface area contributed by atoms with Gasteiger partial charge < -0.3 is 14.6 Å². The van der Waals surface area contributed by atoms with E-state index in [0.717, 1.165) is 46.3 Å². The van der Waals surface area contributed by atoms with Crippen molar-refractivity contribution >= 4 is 12.1 Å². The maximum atomic E-state index is 11.2. The standard InChI is InChI=1S/C21H26N4O2/c1-13(2)11-25-15(4)14(3)19-20(24-18(12-26)23-19)21(25)22-10-16-6-8-17(27-5)9-7-16/h6-9,12-13,22H,10-11H2,1-5H3. The number of hydrogen-bond acceptors (Lipinski definition) is 5. The van der Waals surface area contributed by atoms with E-state index in [9.17, 15) is 4.79 Å². The lowest BCUT2D eigenvalue weighted by Crippen LogP contribution is -2.18. The zero-order chi connectivity index (χ0) is 19.6. The second-order valence-electron chi connectivity index (χ2n) is 7.16. The molecule has 0 unspecified atom stereocenters. The Kier molecular flexibility index (Phi) is 5.44. The van der Waals surface area contributed by atoms with Crippen molar-refractivity contribution in [3.8, 4) is 17.1 Å². The maximum absolute atomic E-state index is 11.2. The second kappa shape index (κ2) is 7.78. The molecule has 27 heavy (non-hydrogen) atoms. The van der Waals surface area contributed by atoms with E-state index in [1.807, 2.05) is 31.2 Å². The number of anilines is 1. The summed E-state index contributed by atoms with van der Waals surface area (Å²) in [5.74, 6) is 2.43. The summed E-state index contributed by atoms with van der Waals surface area (Å²) in [5.41, 5.74) is 4.85. The molecule has 1 N–H and O–H groups in total. The number of hydrogen-bond donors (Lipinski definition) is 1. The van der Waals surface area contributed by atoms with Gasteiger partial charge in [-0.2, -0.15) is 0 Å². The third-order valence-electron chi connectivity index (χ3n) is 4.75. The van der Waals surface area contributed by atoms with E-state index in [1.165, 1.54) is 0 Å². The lowest BCUT2D eigenvalue weighted by Gasteiger charge is -2.24. The normalized spacial score (nSPS) is 11.2. The number of benzene rings is 1. The topological polar surface area (TPSA) is 69.0 Å². The van der Waals surface area contributed by atoms with Crippen LogP contribution >= 0.6 is 0 Å². The van der Waals surface area contributed by atoms with Gasteiger partial charge in [0.1, 0.15) is 17.3 Å². The highest BCUT2D eigenvalue weighted by atomic mass is 16.5. The number of fused-ring (bicyclic) bond motifs is 1. The number of nitrogens with one attached hydrogen (secondary N) is 1. The van der Waals surface area contributed by atoms with Crippen LogP contribution in [0.1, 0.15) is 41.3 Å². The van der Waals surface area contributed by atoms with Crippen LogP contribution < -0.4 is 10.1 Å². The van der Waals surface area contributed by atoms with Crippen molar-refractivity contribution in [1.29, 1.82) is 0 Å². The lowest BCUT2D eigenvalue weighted by molar-refractivity contribution is 0.111. The molecule has 0 bridgehead atoms. The molecule has 0 radical (unpaired) electrons. The number of ether oxygens (including phenoxy) is 1. The number of methoxy groups -OCH3 is 1.